The highest BCUT2D eigenvalue weighted by molar-refractivity contribution is 6.30. The second-order valence-electron chi connectivity index (χ2n) is 7.13. The van der Waals surface area contributed by atoms with Crippen LogP contribution in [-0.4, -0.2) is 20.6 Å². The molecule has 0 aliphatic heterocycles. The molecule has 8 heteroatoms. The normalized spacial score (nSPS) is 10.8. The molecule has 0 unspecified atom stereocenters. The lowest BCUT2D eigenvalue weighted by Crippen LogP contribution is -2.28. The van der Waals surface area contributed by atoms with Gasteiger partial charge in [-0.3, -0.25) is 9.59 Å². The van der Waals surface area contributed by atoms with Crippen molar-refractivity contribution in [2.24, 2.45) is 0 Å². The largest absolute Gasteiger partial charge is 0.333 e. The third-order valence-electron chi connectivity index (χ3n) is 4.88. The Hall–Kier alpha value is -3.71. The van der Waals surface area contributed by atoms with E-state index >= 15 is 0 Å². The molecular weight excluding hydrogens is 416 g/mol. The van der Waals surface area contributed by atoms with Crippen molar-refractivity contribution in [3.05, 3.63) is 87.3 Å². The summed E-state index contributed by atoms with van der Waals surface area (Å²) in [5.41, 5.74) is 3.42. The molecule has 1 N–H and O–H groups in total. The second-order valence-corrected chi connectivity index (χ2v) is 7.57. The molecule has 0 spiro atoms. The number of hydrogen-bond donors (Lipinski definition) is 1. The molecule has 4 rings (SSSR count). The minimum absolute atomic E-state index is 0.0823. The van der Waals surface area contributed by atoms with Gasteiger partial charge in [0.1, 0.15) is 12.1 Å². The van der Waals surface area contributed by atoms with Gasteiger partial charge in [-0.25, -0.2) is 0 Å². The molecule has 1 amide bonds. The lowest BCUT2D eigenvalue weighted by Gasteiger charge is -2.09. The van der Waals surface area contributed by atoms with Gasteiger partial charge in [-0.15, -0.1) is 0 Å². The van der Waals surface area contributed by atoms with Gasteiger partial charge in [0.2, 0.25) is 11.7 Å². The van der Waals surface area contributed by atoms with Gasteiger partial charge in [-0.2, -0.15) is 4.98 Å². The van der Waals surface area contributed by atoms with Crippen LogP contribution < -0.4 is 10.9 Å². The fraction of sp³-hybridized carbons (Fsp3) is 0.130. The molecular formula is C23H19ClN4O3. The average molecular weight is 435 g/mol. The zero-order valence-corrected chi connectivity index (χ0v) is 17.7. The monoisotopic (exact) mass is 434 g/mol. The number of pyridine rings is 1. The van der Waals surface area contributed by atoms with Crippen molar-refractivity contribution in [3.63, 3.8) is 0 Å². The van der Waals surface area contributed by atoms with E-state index in [-0.39, 0.29) is 23.9 Å². The lowest BCUT2D eigenvalue weighted by molar-refractivity contribution is -0.116. The zero-order chi connectivity index (χ0) is 22.0. The third kappa shape index (κ3) is 4.57. The summed E-state index contributed by atoms with van der Waals surface area (Å²) in [5.74, 6) is 0.114. The first-order valence-corrected chi connectivity index (χ1v) is 9.95. The number of hydrogen-bond acceptors (Lipinski definition) is 5. The van der Waals surface area contributed by atoms with E-state index in [0.717, 1.165) is 11.1 Å². The van der Waals surface area contributed by atoms with Crippen LogP contribution in [0.15, 0.2) is 70.1 Å². The summed E-state index contributed by atoms with van der Waals surface area (Å²) in [6, 6.07) is 15.9. The molecule has 2 aromatic carbocycles. The Labute approximate surface area is 183 Å². The van der Waals surface area contributed by atoms with Crippen molar-refractivity contribution < 1.29 is 9.32 Å². The van der Waals surface area contributed by atoms with Crippen LogP contribution in [0, 0.1) is 13.8 Å². The van der Waals surface area contributed by atoms with E-state index in [0.29, 0.717) is 22.1 Å². The van der Waals surface area contributed by atoms with E-state index in [1.54, 1.807) is 42.6 Å². The number of rotatable bonds is 5. The molecule has 0 atom stereocenters. The maximum Gasteiger partial charge on any atom is 0.263 e. The number of anilines is 1. The van der Waals surface area contributed by atoms with Gasteiger partial charge in [-0.05, 0) is 73.5 Å². The maximum absolute atomic E-state index is 12.9. The smallest absolute Gasteiger partial charge is 0.263 e. The predicted octanol–water partition coefficient (Wildman–Crippen LogP) is 4.47. The fourth-order valence-electron chi connectivity index (χ4n) is 3.05. The van der Waals surface area contributed by atoms with E-state index in [1.807, 2.05) is 32.0 Å². The van der Waals surface area contributed by atoms with Gasteiger partial charge >= 0.3 is 0 Å². The number of amides is 1. The Balaban J connectivity index is 1.54. The summed E-state index contributed by atoms with van der Waals surface area (Å²) in [5, 5.41) is 7.35. The molecule has 31 heavy (non-hydrogen) atoms. The fourth-order valence-corrected chi connectivity index (χ4v) is 3.17. The molecule has 7 nitrogen and oxygen atoms in total. The number of benzene rings is 2. The molecule has 0 saturated heterocycles. The van der Waals surface area contributed by atoms with Gasteiger partial charge in [0, 0.05) is 22.5 Å². The Morgan fingerprint density at radius 1 is 1.10 bits per heavy atom. The summed E-state index contributed by atoms with van der Waals surface area (Å²) < 4.78 is 6.59. The number of nitrogens with zero attached hydrogens (tertiary/aromatic N) is 3. The molecule has 0 radical (unpaired) electrons. The molecule has 0 aliphatic carbocycles. The van der Waals surface area contributed by atoms with Gasteiger partial charge in [0.05, 0.1) is 0 Å². The predicted molar refractivity (Wildman–Crippen MR) is 119 cm³/mol. The van der Waals surface area contributed by atoms with Crippen LogP contribution in [0.5, 0.6) is 0 Å². The van der Waals surface area contributed by atoms with Gasteiger partial charge < -0.3 is 14.4 Å². The quantitative estimate of drug-likeness (QED) is 0.500. The number of aromatic nitrogens is 3. The minimum Gasteiger partial charge on any atom is -0.333 e. The van der Waals surface area contributed by atoms with E-state index in [1.165, 1.54) is 4.57 Å². The Morgan fingerprint density at radius 2 is 1.87 bits per heavy atom. The number of halogens is 1. The van der Waals surface area contributed by atoms with Gasteiger partial charge in [-0.1, -0.05) is 22.8 Å². The highest BCUT2D eigenvalue weighted by Crippen LogP contribution is 2.22. The maximum atomic E-state index is 12.9. The standard InChI is InChI=1S/C23H19ClN4O3/c1-14-5-10-18(12-15(14)2)25-20(29)13-28-11-3-4-19(23(28)30)22-26-21(27-31-22)16-6-8-17(24)9-7-16/h3-12H,13H2,1-2H3,(H,25,29). The first-order valence-electron chi connectivity index (χ1n) is 9.57. The summed E-state index contributed by atoms with van der Waals surface area (Å²) in [4.78, 5) is 29.7. The van der Waals surface area contributed by atoms with Crippen molar-refractivity contribution in [1.82, 2.24) is 14.7 Å². The minimum atomic E-state index is -0.399. The lowest BCUT2D eigenvalue weighted by atomic mass is 10.1. The Morgan fingerprint density at radius 3 is 2.61 bits per heavy atom. The van der Waals surface area contributed by atoms with Gasteiger partial charge in [0.15, 0.2) is 0 Å². The SMILES string of the molecule is Cc1ccc(NC(=O)Cn2cccc(-c3nc(-c4ccc(Cl)cc4)no3)c2=O)cc1C. The van der Waals surface area contributed by atoms with Crippen LogP contribution in [-0.2, 0) is 11.3 Å². The summed E-state index contributed by atoms with van der Waals surface area (Å²) in [6.45, 7) is 3.83. The summed E-state index contributed by atoms with van der Waals surface area (Å²) >= 11 is 5.90. The molecule has 0 fully saturated rings. The molecule has 156 valence electrons. The van der Waals surface area contributed by atoms with Crippen LogP contribution >= 0.6 is 11.6 Å². The Bertz CT molecular complexity index is 1310. The summed E-state index contributed by atoms with van der Waals surface area (Å²) in [6.07, 6.45) is 1.54. The first kappa shape index (κ1) is 20.6. The number of carbonyl (C=O) groups is 1. The Kier molecular flexibility index (Phi) is 5.68. The van der Waals surface area contributed by atoms with Crippen molar-refractivity contribution in [1.29, 1.82) is 0 Å². The molecule has 0 bridgehead atoms. The van der Waals surface area contributed by atoms with Crippen molar-refractivity contribution in [2.45, 2.75) is 20.4 Å². The first-order chi connectivity index (χ1) is 14.9. The zero-order valence-electron chi connectivity index (χ0n) is 16.9. The van der Waals surface area contributed by atoms with Crippen molar-refractivity contribution in [2.75, 3.05) is 5.32 Å². The average Bonchev–Trinajstić information content (AvgIpc) is 3.23. The second kappa shape index (κ2) is 8.57. The van der Waals surface area contributed by atoms with Crippen LogP contribution in [0.25, 0.3) is 22.8 Å². The van der Waals surface area contributed by atoms with Crippen molar-refractivity contribution in [3.8, 4) is 22.8 Å². The molecule has 2 heterocycles. The molecule has 4 aromatic rings. The van der Waals surface area contributed by atoms with Crippen molar-refractivity contribution >= 4 is 23.2 Å². The van der Waals surface area contributed by atoms with Crippen LogP contribution in [0.4, 0.5) is 5.69 Å². The van der Waals surface area contributed by atoms with E-state index in [9.17, 15) is 9.59 Å². The topological polar surface area (TPSA) is 90.0 Å². The van der Waals surface area contributed by atoms with Gasteiger partial charge in [0.25, 0.3) is 11.4 Å². The molecule has 0 saturated carbocycles. The highest BCUT2D eigenvalue weighted by atomic mass is 35.5. The number of nitrogens with one attached hydrogen (secondary N) is 1. The van der Waals surface area contributed by atoms with E-state index < -0.39 is 5.56 Å². The number of carbonyl (C=O) groups excluding carboxylic acids is 1. The van der Waals surface area contributed by atoms with Crippen LogP contribution in [0.2, 0.25) is 5.02 Å². The highest BCUT2D eigenvalue weighted by Gasteiger charge is 2.16. The van der Waals surface area contributed by atoms with Crippen LogP contribution in [0.3, 0.4) is 0 Å². The third-order valence-corrected chi connectivity index (χ3v) is 5.14. The molecule has 0 aliphatic rings. The van der Waals surface area contributed by atoms with E-state index in [4.69, 9.17) is 16.1 Å². The van der Waals surface area contributed by atoms with E-state index in [2.05, 4.69) is 15.5 Å². The molecule has 2 aromatic heterocycles. The van der Waals surface area contributed by atoms with Crippen LogP contribution in [0.1, 0.15) is 11.1 Å². The summed E-state index contributed by atoms with van der Waals surface area (Å²) in [7, 11) is 0. The number of aryl methyl sites for hydroxylation is 2.